The van der Waals surface area contributed by atoms with Gasteiger partial charge in [-0.3, -0.25) is 14.5 Å². The molecule has 1 fully saturated rings. The highest BCUT2D eigenvalue weighted by Gasteiger charge is 2.31. The second kappa shape index (κ2) is 6.86. The molecule has 0 bridgehead atoms. The van der Waals surface area contributed by atoms with Gasteiger partial charge in [-0.05, 0) is 19.8 Å². The van der Waals surface area contributed by atoms with E-state index < -0.39 is 0 Å². The average molecular weight is 239 g/mol. The van der Waals surface area contributed by atoms with Crippen molar-refractivity contribution in [3.05, 3.63) is 0 Å². The Labute approximate surface area is 101 Å². The molecule has 6 heteroatoms. The smallest absolute Gasteiger partial charge is 0.320 e. The van der Waals surface area contributed by atoms with Crippen LogP contribution in [0.25, 0.3) is 0 Å². The Bertz CT molecular complexity index is 320. The first-order valence-corrected chi connectivity index (χ1v) is 5.70. The minimum absolute atomic E-state index is 0.00323. The molecule has 6 nitrogen and oxygen atoms in total. The number of nitriles is 1. The van der Waals surface area contributed by atoms with E-state index in [1.165, 1.54) is 0 Å². The summed E-state index contributed by atoms with van der Waals surface area (Å²) < 4.78 is 4.85. The number of nitrogens with one attached hydrogen (secondary N) is 1. The van der Waals surface area contributed by atoms with Gasteiger partial charge in [-0.1, -0.05) is 0 Å². The third-order valence-electron chi connectivity index (χ3n) is 2.41. The van der Waals surface area contributed by atoms with Gasteiger partial charge in [0.15, 0.2) is 0 Å². The van der Waals surface area contributed by atoms with Gasteiger partial charge in [-0.25, -0.2) is 0 Å². The molecular formula is C11H17N3O3. The van der Waals surface area contributed by atoms with Crippen LogP contribution in [0.5, 0.6) is 0 Å². The first kappa shape index (κ1) is 13.5. The predicted molar refractivity (Wildman–Crippen MR) is 59.9 cm³/mol. The van der Waals surface area contributed by atoms with Gasteiger partial charge in [0.1, 0.15) is 6.54 Å². The first-order chi connectivity index (χ1) is 8.17. The second-order valence-electron chi connectivity index (χ2n) is 3.88. The van der Waals surface area contributed by atoms with Crippen molar-refractivity contribution in [3.63, 3.8) is 0 Å². The van der Waals surface area contributed by atoms with Gasteiger partial charge in [0.05, 0.1) is 25.8 Å². The molecule has 1 rings (SSSR count). The maximum atomic E-state index is 11.4. The lowest BCUT2D eigenvalue weighted by Crippen LogP contribution is -2.41. The normalized spacial score (nSPS) is 14.2. The summed E-state index contributed by atoms with van der Waals surface area (Å²) in [6.45, 7) is 2.37. The van der Waals surface area contributed by atoms with Crippen LogP contribution in [-0.2, 0) is 14.3 Å². The molecule has 0 radical (unpaired) electrons. The molecule has 0 aliphatic heterocycles. The summed E-state index contributed by atoms with van der Waals surface area (Å²) in [5.74, 6) is -0.546. The van der Waals surface area contributed by atoms with Crippen molar-refractivity contribution >= 4 is 11.9 Å². The van der Waals surface area contributed by atoms with Gasteiger partial charge in [-0.2, -0.15) is 5.26 Å². The zero-order valence-electron chi connectivity index (χ0n) is 9.94. The number of carbonyl (C=O) groups is 2. The van der Waals surface area contributed by atoms with Crippen molar-refractivity contribution in [2.24, 2.45) is 0 Å². The van der Waals surface area contributed by atoms with E-state index >= 15 is 0 Å². The van der Waals surface area contributed by atoms with Crippen molar-refractivity contribution in [2.75, 3.05) is 26.2 Å². The van der Waals surface area contributed by atoms with E-state index in [0.717, 1.165) is 12.8 Å². The SMILES string of the molecule is CCOC(=O)CN(CC(=O)NCC#N)C1CC1. The van der Waals surface area contributed by atoms with Crippen molar-refractivity contribution in [1.29, 1.82) is 5.26 Å². The Balaban J connectivity index is 2.35. The van der Waals surface area contributed by atoms with E-state index in [1.807, 2.05) is 6.07 Å². The Morgan fingerprint density at radius 2 is 2.18 bits per heavy atom. The minimum Gasteiger partial charge on any atom is -0.465 e. The summed E-state index contributed by atoms with van der Waals surface area (Å²) in [6, 6.07) is 2.13. The molecule has 1 amide bonds. The van der Waals surface area contributed by atoms with Gasteiger partial charge >= 0.3 is 5.97 Å². The van der Waals surface area contributed by atoms with E-state index in [1.54, 1.807) is 11.8 Å². The average Bonchev–Trinajstić information content (AvgIpc) is 3.09. The number of amides is 1. The van der Waals surface area contributed by atoms with Crippen LogP contribution < -0.4 is 5.32 Å². The first-order valence-electron chi connectivity index (χ1n) is 5.70. The molecule has 1 aliphatic rings. The fourth-order valence-corrected chi connectivity index (χ4v) is 1.50. The fraction of sp³-hybridized carbons (Fsp3) is 0.727. The summed E-state index contributed by atoms with van der Waals surface area (Å²) in [5.41, 5.74) is 0. The molecule has 1 N–H and O–H groups in total. The van der Waals surface area contributed by atoms with Crippen LogP contribution >= 0.6 is 0 Å². The molecule has 0 aromatic rings. The molecular weight excluding hydrogens is 222 g/mol. The maximum absolute atomic E-state index is 11.4. The van der Waals surface area contributed by atoms with Crippen molar-refractivity contribution in [1.82, 2.24) is 10.2 Å². The molecule has 0 unspecified atom stereocenters. The molecule has 0 atom stereocenters. The third kappa shape index (κ3) is 5.31. The van der Waals surface area contributed by atoms with Crippen LogP contribution in [0.15, 0.2) is 0 Å². The lowest BCUT2D eigenvalue weighted by Gasteiger charge is -2.19. The molecule has 0 saturated heterocycles. The molecule has 0 aromatic heterocycles. The summed E-state index contributed by atoms with van der Waals surface area (Å²) in [4.78, 5) is 24.6. The fourth-order valence-electron chi connectivity index (χ4n) is 1.50. The standard InChI is InChI=1S/C11H17N3O3/c1-2-17-11(16)8-14(9-3-4-9)7-10(15)13-6-5-12/h9H,2-4,6-8H2,1H3,(H,13,15). The number of hydrogen-bond donors (Lipinski definition) is 1. The maximum Gasteiger partial charge on any atom is 0.320 e. The van der Waals surface area contributed by atoms with Crippen molar-refractivity contribution in [2.45, 2.75) is 25.8 Å². The number of carbonyl (C=O) groups excluding carboxylic acids is 2. The van der Waals surface area contributed by atoms with Crippen LogP contribution in [0, 0.1) is 11.3 Å². The Kier molecular flexibility index (Phi) is 5.43. The highest BCUT2D eigenvalue weighted by Crippen LogP contribution is 2.26. The van der Waals surface area contributed by atoms with Gasteiger partial charge in [0.25, 0.3) is 0 Å². The molecule has 94 valence electrons. The van der Waals surface area contributed by atoms with Crippen LogP contribution in [0.4, 0.5) is 0 Å². The van der Waals surface area contributed by atoms with Gasteiger partial charge in [-0.15, -0.1) is 0 Å². The lowest BCUT2D eigenvalue weighted by molar-refractivity contribution is -0.144. The van der Waals surface area contributed by atoms with E-state index in [9.17, 15) is 9.59 Å². The minimum atomic E-state index is -0.313. The van der Waals surface area contributed by atoms with Crippen LogP contribution in [0.2, 0.25) is 0 Å². The topological polar surface area (TPSA) is 82.4 Å². The summed E-state index contributed by atoms with van der Waals surface area (Å²) in [6.07, 6.45) is 2.01. The Hall–Kier alpha value is -1.61. The molecule has 0 aromatic carbocycles. The number of ether oxygens (including phenoxy) is 1. The van der Waals surface area contributed by atoms with Crippen LogP contribution in [0.1, 0.15) is 19.8 Å². The number of rotatable bonds is 7. The lowest BCUT2D eigenvalue weighted by atomic mass is 10.4. The van der Waals surface area contributed by atoms with Gasteiger partial charge < -0.3 is 10.1 Å². The monoisotopic (exact) mass is 239 g/mol. The van der Waals surface area contributed by atoms with E-state index in [-0.39, 0.29) is 31.5 Å². The summed E-state index contributed by atoms with van der Waals surface area (Å²) >= 11 is 0. The molecule has 1 saturated carbocycles. The molecule has 17 heavy (non-hydrogen) atoms. The summed E-state index contributed by atoms with van der Waals surface area (Å²) in [5, 5.41) is 10.8. The number of hydrogen-bond acceptors (Lipinski definition) is 5. The molecule has 0 heterocycles. The van der Waals surface area contributed by atoms with Crippen molar-refractivity contribution in [3.8, 4) is 6.07 Å². The zero-order chi connectivity index (χ0) is 12.7. The predicted octanol–water partition coefficient (Wildman–Crippen LogP) is -0.346. The number of nitrogens with zero attached hydrogens (tertiary/aromatic N) is 2. The Morgan fingerprint density at radius 3 is 2.71 bits per heavy atom. The van der Waals surface area contributed by atoms with Crippen molar-refractivity contribution < 1.29 is 14.3 Å². The summed E-state index contributed by atoms with van der Waals surface area (Å²) in [7, 11) is 0. The molecule has 1 aliphatic carbocycles. The van der Waals surface area contributed by atoms with Crippen LogP contribution in [0.3, 0.4) is 0 Å². The van der Waals surface area contributed by atoms with Crippen LogP contribution in [-0.4, -0.2) is 49.1 Å². The molecule has 0 spiro atoms. The van der Waals surface area contributed by atoms with E-state index in [4.69, 9.17) is 10.00 Å². The van der Waals surface area contributed by atoms with E-state index in [0.29, 0.717) is 12.6 Å². The van der Waals surface area contributed by atoms with Gasteiger partial charge in [0.2, 0.25) is 5.91 Å². The number of esters is 1. The third-order valence-corrected chi connectivity index (χ3v) is 2.41. The highest BCUT2D eigenvalue weighted by molar-refractivity contribution is 5.79. The van der Waals surface area contributed by atoms with Gasteiger partial charge in [0, 0.05) is 6.04 Å². The van der Waals surface area contributed by atoms with E-state index in [2.05, 4.69) is 5.32 Å². The Morgan fingerprint density at radius 1 is 1.47 bits per heavy atom. The highest BCUT2D eigenvalue weighted by atomic mass is 16.5. The second-order valence-corrected chi connectivity index (χ2v) is 3.88. The zero-order valence-corrected chi connectivity index (χ0v) is 9.94. The largest absolute Gasteiger partial charge is 0.465 e. The quantitative estimate of drug-likeness (QED) is 0.485.